The number of benzene rings is 2. The molecule has 2 amide bonds. The maximum Gasteiger partial charge on any atom is 0.238 e. The fraction of sp³-hybridized carbons (Fsp3) is 0.379. The van der Waals surface area contributed by atoms with Crippen molar-refractivity contribution < 1.29 is 29.0 Å². The molecular formula is C29H30N2O6. The molecule has 6 rings (SSSR count). The van der Waals surface area contributed by atoms with Crippen molar-refractivity contribution in [1.82, 2.24) is 0 Å². The summed E-state index contributed by atoms with van der Waals surface area (Å²) < 4.78 is 11.9. The second kappa shape index (κ2) is 9.13. The lowest BCUT2D eigenvalue weighted by molar-refractivity contribution is -0.270. The Bertz CT molecular complexity index is 1310. The first-order valence-corrected chi connectivity index (χ1v) is 12.8. The van der Waals surface area contributed by atoms with Crippen molar-refractivity contribution in [2.45, 2.75) is 44.7 Å². The zero-order valence-electron chi connectivity index (χ0n) is 20.5. The highest BCUT2D eigenvalue weighted by Crippen LogP contribution is 2.59. The molecule has 37 heavy (non-hydrogen) atoms. The lowest BCUT2D eigenvalue weighted by atomic mass is 9.64. The Labute approximate surface area is 214 Å². The molecule has 3 N–H and O–H groups in total. The number of nitrogens with one attached hydrogen (secondary N) is 1. The molecule has 0 bridgehead atoms. The molecule has 3 aliphatic rings. The van der Waals surface area contributed by atoms with Gasteiger partial charge in [-0.1, -0.05) is 25.1 Å². The minimum absolute atomic E-state index is 0.219. The highest BCUT2D eigenvalue weighted by Gasteiger charge is 2.66. The van der Waals surface area contributed by atoms with Gasteiger partial charge in [-0.25, -0.2) is 0 Å². The van der Waals surface area contributed by atoms with Gasteiger partial charge in [0.15, 0.2) is 5.79 Å². The number of aliphatic hydroxyl groups is 2. The summed E-state index contributed by atoms with van der Waals surface area (Å²) in [6.45, 7) is 1.73. The summed E-state index contributed by atoms with van der Waals surface area (Å²) in [5, 5.41) is 24.4. The second-order valence-electron chi connectivity index (χ2n) is 10.2. The Kier molecular flexibility index (Phi) is 5.90. The van der Waals surface area contributed by atoms with Crippen LogP contribution in [0.15, 0.2) is 71.1 Å². The highest BCUT2D eigenvalue weighted by atomic mass is 16.6. The molecule has 0 spiro atoms. The van der Waals surface area contributed by atoms with Gasteiger partial charge in [-0.3, -0.25) is 14.5 Å². The molecular weight excluding hydrogens is 472 g/mol. The van der Waals surface area contributed by atoms with Crippen LogP contribution in [0.25, 0.3) is 0 Å². The van der Waals surface area contributed by atoms with Crippen LogP contribution < -0.4 is 10.2 Å². The number of rotatable bonds is 6. The zero-order chi connectivity index (χ0) is 25.7. The molecule has 3 aromatic rings. The number of carbonyl (C=O) groups is 2. The van der Waals surface area contributed by atoms with Gasteiger partial charge in [0.1, 0.15) is 24.2 Å². The van der Waals surface area contributed by atoms with Gasteiger partial charge in [-0.15, -0.1) is 0 Å². The Balaban J connectivity index is 1.27. The summed E-state index contributed by atoms with van der Waals surface area (Å²) in [5.74, 6) is -3.12. The Hall–Kier alpha value is -3.46. The maximum atomic E-state index is 13.8. The largest absolute Gasteiger partial charge is 0.461 e. The third-order valence-corrected chi connectivity index (χ3v) is 8.20. The molecule has 1 aromatic heterocycles. The molecule has 2 aromatic carbocycles. The highest BCUT2D eigenvalue weighted by molar-refractivity contribution is 6.22. The summed E-state index contributed by atoms with van der Waals surface area (Å²) in [7, 11) is 0. The number of imide groups is 1. The van der Waals surface area contributed by atoms with Crippen molar-refractivity contribution in [3.05, 3.63) is 78.3 Å². The van der Waals surface area contributed by atoms with Gasteiger partial charge in [0.05, 0.1) is 17.5 Å². The molecule has 3 heterocycles. The number of anilines is 3. The van der Waals surface area contributed by atoms with Crippen LogP contribution in [-0.2, 0) is 20.9 Å². The number of amides is 2. The minimum atomic E-state index is -1.53. The van der Waals surface area contributed by atoms with E-state index in [0.717, 1.165) is 11.4 Å². The molecule has 6 atom stereocenters. The summed E-state index contributed by atoms with van der Waals surface area (Å²) >= 11 is 0. The average Bonchev–Trinajstić information content (AvgIpc) is 3.59. The average molecular weight is 503 g/mol. The minimum Gasteiger partial charge on any atom is -0.461 e. The summed E-state index contributed by atoms with van der Waals surface area (Å²) in [6.07, 6.45) is 0.808. The van der Waals surface area contributed by atoms with E-state index in [1.165, 1.54) is 4.90 Å². The van der Waals surface area contributed by atoms with Gasteiger partial charge in [-0.05, 0) is 67.8 Å². The molecule has 1 saturated carbocycles. The Morgan fingerprint density at radius 2 is 1.70 bits per heavy atom. The summed E-state index contributed by atoms with van der Waals surface area (Å²) in [4.78, 5) is 28.6. The Morgan fingerprint density at radius 3 is 2.38 bits per heavy atom. The number of para-hydroxylation sites is 1. The summed E-state index contributed by atoms with van der Waals surface area (Å²) in [5.41, 5.74) is 2.31. The number of carbonyl (C=O) groups excluding carboxylic acids is 2. The summed E-state index contributed by atoms with van der Waals surface area (Å²) in [6, 6.07) is 20.4. The molecule has 192 valence electrons. The van der Waals surface area contributed by atoms with Gasteiger partial charge in [-0.2, -0.15) is 0 Å². The van der Waals surface area contributed by atoms with E-state index in [4.69, 9.17) is 9.15 Å². The second-order valence-corrected chi connectivity index (χ2v) is 10.2. The molecule has 8 heteroatoms. The number of fused-ring (bicyclic) bond motifs is 3. The van der Waals surface area contributed by atoms with Gasteiger partial charge < -0.3 is 24.7 Å². The van der Waals surface area contributed by atoms with Crippen LogP contribution in [0.4, 0.5) is 17.1 Å². The van der Waals surface area contributed by atoms with E-state index in [0.29, 0.717) is 36.5 Å². The number of furan rings is 1. The maximum absolute atomic E-state index is 13.8. The lowest BCUT2D eigenvalue weighted by Crippen LogP contribution is -2.53. The third-order valence-electron chi connectivity index (χ3n) is 8.20. The van der Waals surface area contributed by atoms with Crippen LogP contribution >= 0.6 is 0 Å². The first-order valence-electron chi connectivity index (χ1n) is 12.8. The predicted octanol–water partition coefficient (Wildman–Crippen LogP) is 4.52. The molecule has 8 nitrogen and oxygen atoms in total. The van der Waals surface area contributed by atoms with Crippen molar-refractivity contribution in [2.24, 2.45) is 23.7 Å². The lowest BCUT2D eigenvalue weighted by Gasteiger charge is -2.44. The number of nitrogens with zero attached hydrogens (tertiary/aromatic N) is 1. The molecule has 2 aliphatic heterocycles. The number of ether oxygens (including phenoxy) is 1. The molecule has 3 fully saturated rings. The molecule has 0 unspecified atom stereocenters. The van der Waals surface area contributed by atoms with E-state index in [-0.39, 0.29) is 24.3 Å². The van der Waals surface area contributed by atoms with Crippen LogP contribution in [0.3, 0.4) is 0 Å². The van der Waals surface area contributed by atoms with Crippen LogP contribution in [0, 0.1) is 23.7 Å². The molecule has 2 saturated heterocycles. The van der Waals surface area contributed by atoms with Crippen LogP contribution in [0.1, 0.15) is 43.8 Å². The third kappa shape index (κ3) is 3.87. The van der Waals surface area contributed by atoms with Crippen molar-refractivity contribution in [1.29, 1.82) is 0 Å². The van der Waals surface area contributed by atoms with Gasteiger partial charge in [0.2, 0.25) is 11.8 Å². The van der Waals surface area contributed by atoms with E-state index >= 15 is 0 Å². The number of hydrogen-bond donors (Lipinski definition) is 3. The molecule has 0 radical (unpaired) electrons. The fourth-order valence-electron chi connectivity index (χ4n) is 6.41. The zero-order valence-corrected chi connectivity index (χ0v) is 20.5. The van der Waals surface area contributed by atoms with Crippen LogP contribution in [0.2, 0.25) is 0 Å². The van der Waals surface area contributed by atoms with Crippen LogP contribution in [-0.4, -0.2) is 27.8 Å². The first kappa shape index (κ1) is 23.9. The first-order chi connectivity index (χ1) is 17.9. The SMILES string of the molecule is CC[C@H]1C[C@@H]2C(=O)N(c3ccc(Nc4ccccc4)cc3)C(=O)[C@@H]2[C@@H]2C[C@@H](c3ccc(CO)o3)O[C@]12O. The predicted molar refractivity (Wildman–Crippen MR) is 136 cm³/mol. The monoisotopic (exact) mass is 502 g/mol. The van der Waals surface area contributed by atoms with E-state index in [2.05, 4.69) is 5.32 Å². The number of hydrogen-bond acceptors (Lipinski definition) is 7. The van der Waals surface area contributed by atoms with Crippen LogP contribution in [0.5, 0.6) is 0 Å². The van der Waals surface area contributed by atoms with Gasteiger partial charge >= 0.3 is 0 Å². The van der Waals surface area contributed by atoms with Crippen molar-refractivity contribution in [3.8, 4) is 0 Å². The van der Waals surface area contributed by atoms with Crippen molar-refractivity contribution >= 4 is 28.9 Å². The number of aliphatic hydroxyl groups excluding tert-OH is 1. The van der Waals surface area contributed by atoms with E-state index in [9.17, 15) is 19.8 Å². The Morgan fingerprint density at radius 1 is 0.973 bits per heavy atom. The van der Waals surface area contributed by atoms with E-state index < -0.39 is 29.6 Å². The topological polar surface area (TPSA) is 112 Å². The smallest absolute Gasteiger partial charge is 0.238 e. The quantitative estimate of drug-likeness (QED) is 0.425. The van der Waals surface area contributed by atoms with Crippen molar-refractivity contribution in [2.75, 3.05) is 10.2 Å². The van der Waals surface area contributed by atoms with E-state index in [1.54, 1.807) is 24.3 Å². The van der Waals surface area contributed by atoms with Crippen molar-refractivity contribution in [3.63, 3.8) is 0 Å². The van der Waals surface area contributed by atoms with Gasteiger partial charge in [0.25, 0.3) is 0 Å². The normalized spacial score (nSPS) is 30.9. The van der Waals surface area contributed by atoms with Gasteiger partial charge in [0, 0.05) is 23.2 Å². The van der Waals surface area contributed by atoms with E-state index in [1.807, 2.05) is 49.4 Å². The molecule has 1 aliphatic carbocycles. The standard InChI is InChI=1S/C29H30N2O6/c1-2-17-14-22-26(23-15-25(37-29(17,23)35)24-13-12-21(16-32)36-24)28(34)31(27(22)33)20-10-8-19(9-11-20)30-18-6-4-3-5-7-18/h3-13,17,22-23,25-26,30,32,35H,2,14-16H2,1H3/t17-,22-,23-,25-,26-,29+/m0/s1. The fourth-order valence-corrected chi connectivity index (χ4v) is 6.41.